The second-order valence-electron chi connectivity index (χ2n) is 6.97. The van der Waals surface area contributed by atoms with Gasteiger partial charge in [-0.2, -0.15) is 18.4 Å². The highest BCUT2D eigenvalue weighted by Crippen LogP contribution is 2.41. The number of nitriles is 1. The summed E-state index contributed by atoms with van der Waals surface area (Å²) in [5.41, 5.74) is -1.68. The molecule has 3 aromatic carbocycles. The number of methoxy groups -OCH3 is 1. The molecule has 0 aliphatic heterocycles. The number of ether oxygens (including phenoxy) is 1. The minimum Gasteiger partial charge on any atom is -0.505 e. The smallest absolute Gasteiger partial charge is 0.416 e. The quantitative estimate of drug-likeness (QED) is 0.340. The van der Waals surface area contributed by atoms with Gasteiger partial charge < -0.3 is 15.2 Å². The Kier molecular flexibility index (Phi) is 7.51. The van der Waals surface area contributed by atoms with Gasteiger partial charge in [0.1, 0.15) is 16.5 Å². The summed E-state index contributed by atoms with van der Waals surface area (Å²) in [5, 5.41) is 21.3. The lowest BCUT2D eigenvalue weighted by atomic mass is 9.88. The summed E-state index contributed by atoms with van der Waals surface area (Å²) in [6.07, 6.45) is -4.83. The Morgan fingerprint density at radius 1 is 1.09 bits per heavy atom. The van der Waals surface area contributed by atoms with Crippen LogP contribution in [0.1, 0.15) is 33.0 Å². The van der Waals surface area contributed by atoms with Crippen LogP contribution < -0.4 is 10.1 Å². The fourth-order valence-electron chi connectivity index (χ4n) is 3.21. The zero-order valence-corrected chi connectivity index (χ0v) is 19.4. The van der Waals surface area contributed by atoms with Crippen LogP contribution in [-0.2, 0) is 6.18 Å². The Morgan fingerprint density at radius 2 is 1.74 bits per heavy atom. The Bertz CT molecular complexity index is 1290. The zero-order chi connectivity index (χ0) is 25.2. The second kappa shape index (κ2) is 10.0. The summed E-state index contributed by atoms with van der Waals surface area (Å²) in [4.78, 5) is 12.6. The van der Waals surface area contributed by atoms with E-state index in [1.54, 1.807) is 0 Å². The largest absolute Gasteiger partial charge is 0.505 e. The molecule has 0 fully saturated rings. The zero-order valence-electron chi connectivity index (χ0n) is 17.2. The van der Waals surface area contributed by atoms with E-state index in [9.17, 15) is 28.3 Å². The van der Waals surface area contributed by atoms with E-state index >= 15 is 0 Å². The maximum Gasteiger partial charge on any atom is 0.416 e. The molecule has 1 atom stereocenters. The molecule has 0 aliphatic carbocycles. The molecule has 0 spiro atoms. The first-order valence-electron chi connectivity index (χ1n) is 9.40. The molecular weight excluding hydrogens is 516 g/mol. The fourth-order valence-corrected chi connectivity index (χ4v) is 3.81. The average Bonchev–Trinajstić information content (AvgIpc) is 2.81. The first-order valence-corrected chi connectivity index (χ1v) is 10.5. The van der Waals surface area contributed by atoms with Crippen LogP contribution in [0, 0.1) is 11.3 Å². The second-order valence-corrected chi connectivity index (χ2v) is 8.13. The third-order valence-electron chi connectivity index (χ3n) is 4.89. The number of phenols is 1. The SMILES string of the molecule is COc1ccc(C(C#N)c2ccc(NC(=O)c3cc(Cl)c(Cl)c(Cl)c3O)cc2C(F)(F)F)cc1. The molecule has 176 valence electrons. The lowest BCUT2D eigenvalue weighted by Crippen LogP contribution is -2.16. The Morgan fingerprint density at radius 3 is 2.29 bits per heavy atom. The standard InChI is InChI=1S/C23H14Cl3F3N2O3/c1-34-13-5-2-11(3-6-13)16(10-30)14-7-4-12(8-17(14)23(27,28)29)31-22(33)15-9-18(24)19(25)20(26)21(15)32/h2-9,16,32H,1H3,(H,31,33). The number of nitrogens with one attached hydrogen (secondary N) is 1. The number of hydrogen-bond acceptors (Lipinski definition) is 4. The molecule has 0 heterocycles. The summed E-state index contributed by atoms with van der Waals surface area (Å²) in [6.45, 7) is 0. The summed E-state index contributed by atoms with van der Waals surface area (Å²) >= 11 is 17.5. The third kappa shape index (κ3) is 5.17. The molecule has 11 heteroatoms. The van der Waals surface area contributed by atoms with Crippen molar-refractivity contribution in [3.05, 3.63) is 85.9 Å². The van der Waals surface area contributed by atoms with Crippen LogP contribution in [-0.4, -0.2) is 18.1 Å². The van der Waals surface area contributed by atoms with Gasteiger partial charge in [-0.25, -0.2) is 0 Å². The molecule has 2 N–H and O–H groups in total. The first kappa shape index (κ1) is 25.5. The average molecular weight is 530 g/mol. The summed E-state index contributed by atoms with van der Waals surface area (Å²) in [6, 6.07) is 12.0. The molecule has 0 radical (unpaired) electrons. The van der Waals surface area contributed by atoms with Crippen molar-refractivity contribution >= 4 is 46.4 Å². The van der Waals surface area contributed by atoms with Crippen molar-refractivity contribution in [3.8, 4) is 17.6 Å². The highest BCUT2D eigenvalue weighted by molar-refractivity contribution is 6.49. The number of aromatic hydroxyl groups is 1. The molecule has 34 heavy (non-hydrogen) atoms. The molecule has 5 nitrogen and oxygen atoms in total. The van der Waals surface area contributed by atoms with Gasteiger partial charge in [-0.3, -0.25) is 4.79 Å². The predicted octanol–water partition coefficient (Wildman–Crippen LogP) is 7.29. The molecule has 1 amide bonds. The van der Waals surface area contributed by atoms with Crippen molar-refractivity contribution in [2.75, 3.05) is 12.4 Å². The number of nitrogens with zero attached hydrogens (tertiary/aromatic N) is 1. The van der Waals surface area contributed by atoms with Crippen LogP contribution in [0.4, 0.5) is 18.9 Å². The number of halogens is 6. The van der Waals surface area contributed by atoms with Gasteiger partial charge in [-0.05, 0) is 41.5 Å². The molecule has 3 rings (SSSR count). The van der Waals surface area contributed by atoms with Gasteiger partial charge in [0.2, 0.25) is 0 Å². The van der Waals surface area contributed by atoms with E-state index in [0.29, 0.717) is 17.4 Å². The highest BCUT2D eigenvalue weighted by Gasteiger charge is 2.36. The van der Waals surface area contributed by atoms with Gasteiger partial charge in [0, 0.05) is 5.69 Å². The van der Waals surface area contributed by atoms with Gasteiger partial charge in [0.25, 0.3) is 5.91 Å². The van der Waals surface area contributed by atoms with Gasteiger partial charge >= 0.3 is 6.18 Å². The van der Waals surface area contributed by atoms with Crippen molar-refractivity contribution in [2.24, 2.45) is 0 Å². The number of alkyl halides is 3. The Labute approximate surface area is 207 Å². The van der Waals surface area contributed by atoms with Crippen molar-refractivity contribution in [3.63, 3.8) is 0 Å². The van der Waals surface area contributed by atoms with Crippen LogP contribution in [0.15, 0.2) is 48.5 Å². The molecule has 0 bridgehead atoms. The van der Waals surface area contributed by atoms with Crippen LogP contribution in [0.3, 0.4) is 0 Å². The first-order chi connectivity index (χ1) is 16.0. The number of phenolic OH excluding ortho intramolecular Hbond substituents is 1. The number of hydrogen-bond donors (Lipinski definition) is 2. The van der Waals surface area contributed by atoms with E-state index < -0.39 is 29.3 Å². The third-order valence-corrected chi connectivity index (χ3v) is 6.14. The Balaban J connectivity index is 2.01. The Hall–Kier alpha value is -3.12. The lowest BCUT2D eigenvalue weighted by molar-refractivity contribution is -0.138. The fraction of sp³-hybridized carbons (Fsp3) is 0.130. The number of amides is 1. The van der Waals surface area contributed by atoms with Crippen molar-refractivity contribution in [1.82, 2.24) is 0 Å². The van der Waals surface area contributed by atoms with Crippen molar-refractivity contribution in [1.29, 1.82) is 5.26 Å². The summed E-state index contributed by atoms with van der Waals surface area (Å²) < 4.78 is 46.7. The summed E-state index contributed by atoms with van der Waals surface area (Å²) in [5.74, 6) is -2.39. The van der Waals surface area contributed by atoms with Crippen LogP contribution >= 0.6 is 34.8 Å². The molecular formula is C23H14Cl3F3N2O3. The number of anilines is 1. The van der Waals surface area contributed by atoms with Crippen LogP contribution in [0.5, 0.6) is 11.5 Å². The minimum atomic E-state index is -4.83. The van der Waals surface area contributed by atoms with E-state index in [-0.39, 0.29) is 31.9 Å². The number of rotatable bonds is 5. The van der Waals surface area contributed by atoms with E-state index in [1.165, 1.54) is 37.4 Å². The van der Waals surface area contributed by atoms with E-state index in [0.717, 1.165) is 12.1 Å². The van der Waals surface area contributed by atoms with Gasteiger partial charge in [-0.1, -0.05) is 53.0 Å². The van der Waals surface area contributed by atoms with E-state index in [1.807, 2.05) is 6.07 Å². The van der Waals surface area contributed by atoms with Crippen molar-refractivity contribution in [2.45, 2.75) is 12.1 Å². The number of carbonyl (C=O) groups excluding carboxylic acids is 1. The van der Waals surface area contributed by atoms with E-state index in [2.05, 4.69) is 5.32 Å². The molecule has 0 saturated carbocycles. The number of benzene rings is 3. The monoisotopic (exact) mass is 528 g/mol. The minimum absolute atomic E-state index is 0.128. The molecule has 0 saturated heterocycles. The molecule has 1 unspecified atom stereocenters. The molecule has 3 aromatic rings. The summed E-state index contributed by atoms with van der Waals surface area (Å²) in [7, 11) is 1.44. The molecule has 0 aliphatic rings. The van der Waals surface area contributed by atoms with E-state index in [4.69, 9.17) is 39.5 Å². The lowest BCUT2D eigenvalue weighted by Gasteiger charge is -2.19. The maximum absolute atomic E-state index is 13.9. The van der Waals surface area contributed by atoms with Crippen LogP contribution in [0.2, 0.25) is 15.1 Å². The molecule has 0 aromatic heterocycles. The van der Waals surface area contributed by atoms with Gasteiger partial charge in [0.15, 0.2) is 0 Å². The van der Waals surface area contributed by atoms with Gasteiger partial charge in [-0.15, -0.1) is 0 Å². The highest BCUT2D eigenvalue weighted by atomic mass is 35.5. The maximum atomic E-state index is 13.9. The predicted molar refractivity (Wildman–Crippen MR) is 123 cm³/mol. The topological polar surface area (TPSA) is 82.3 Å². The number of carbonyl (C=O) groups is 1. The van der Waals surface area contributed by atoms with Crippen LogP contribution in [0.25, 0.3) is 0 Å². The van der Waals surface area contributed by atoms with Gasteiger partial charge in [0.05, 0.1) is 40.3 Å². The normalized spacial score (nSPS) is 12.1. The van der Waals surface area contributed by atoms with Crippen molar-refractivity contribution < 1.29 is 27.8 Å².